The van der Waals surface area contributed by atoms with Crippen molar-refractivity contribution in [1.82, 2.24) is 24.6 Å². The van der Waals surface area contributed by atoms with E-state index >= 15 is 0 Å². The van der Waals surface area contributed by atoms with Crippen LogP contribution in [0.1, 0.15) is 29.6 Å². The molecule has 1 atom stereocenters. The molecule has 46 heavy (non-hydrogen) atoms. The van der Waals surface area contributed by atoms with Gasteiger partial charge in [-0.25, -0.2) is 18.1 Å². The van der Waals surface area contributed by atoms with Crippen molar-refractivity contribution in [2.24, 2.45) is 11.7 Å². The first-order valence-corrected chi connectivity index (χ1v) is 16.5. The van der Waals surface area contributed by atoms with E-state index in [1.807, 2.05) is 0 Å². The summed E-state index contributed by atoms with van der Waals surface area (Å²) in [5.41, 5.74) is 6.96. The van der Waals surface area contributed by atoms with Crippen molar-refractivity contribution in [3.05, 3.63) is 76.6 Å². The van der Waals surface area contributed by atoms with Gasteiger partial charge in [-0.2, -0.15) is 5.10 Å². The predicted molar refractivity (Wildman–Crippen MR) is 170 cm³/mol. The Kier molecular flexibility index (Phi) is 7.66. The van der Waals surface area contributed by atoms with E-state index in [4.69, 9.17) is 10.5 Å². The van der Waals surface area contributed by atoms with Crippen molar-refractivity contribution in [2.45, 2.75) is 35.1 Å². The molecule has 2 aliphatic rings. The number of nitrogens with one attached hydrogen (secondary N) is 2. The van der Waals surface area contributed by atoms with Gasteiger partial charge in [-0.3, -0.25) is 19.8 Å². The Morgan fingerprint density at radius 1 is 1.15 bits per heavy atom. The number of aromatic amines is 1. The summed E-state index contributed by atoms with van der Waals surface area (Å²) in [5.74, 6) is -0.560. The van der Waals surface area contributed by atoms with Gasteiger partial charge in [0.1, 0.15) is 16.9 Å². The number of primary amides is 1. The number of carbonyl (C=O) groups excluding carboxylic acids is 1. The Bertz CT molecular complexity index is 2090. The summed E-state index contributed by atoms with van der Waals surface area (Å²) < 4.78 is 35.2. The van der Waals surface area contributed by atoms with Gasteiger partial charge in [0.2, 0.25) is 9.84 Å². The molecular weight excluding hydrogens is 612 g/mol. The number of nitro benzene ring substituents is 1. The number of carbonyl (C=O) groups is 1. The summed E-state index contributed by atoms with van der Waals surface area (Å²) in [5, 5.41) is 20.5. The third kappa shape index (κ3) is 5.35. The number of pyridine rings is 1. The third-order valence-electron chi connectivity index (χ3n) is 8.91. The van der Waals surface area contributed by atoms with E-state index in [0.29, 0.717) is 35.2 Å². The summed E-state index contributed by atoms with van der Waals surface area (Å²) >= 11 is 0. The van der Waals surface area contributed by atoms with Gasteiger partial charge >= 0.3 is 0 Å². The van der Waals surface area contributed by atoms with E-state index in [1.54, 1.807) is 18.3 Å². The topological polar surface area (TPSA) is 191 Å². The Morgan fingerprint density at radius 2 is 1.98 bits per heavy atom. The lowest BCUT2D eigenvalue weighted by Gasteiger charge is -2.31. The van der Waals surface area contributed by atoms with Crippen LogP contribution in [-0.4, -0.2) is 82.8 Å². The second-order valence-corrected chi connectivity index (χ2v) is 13.6. The van der Waals surface area contributed by atoms with Crippen LogP contribution in [0.15, 0.2) is 70.7 Å². The van der Waals surface area contributed by atoms with Gasteiger partial charge in [0, 0.05) is 50.0 Å². The van der Waals surface area contributed by atoms with Crippen LogP contribution in [0.25, 0.3) is 27.8 Å². The number of H-pyrrole nitrogens is 1. The van der Waals surface area contributed by atoms with E-state index in [9.17, 15) is 23.3 Å². The fourth-order valence-corrected chi connectivity index (χ4v) is 8.01. The molecule has 2 aliphatic heterocycles. The number of nitrogens with zero attached hydrogens (tertiary/aromatic N) is 5. The monoisotopic (exact) mass is 644 g/mol. The second-order valence-electron chi connectivity index (χ2n) is 11.7. The highest BCUT2D eigenvalue weighted by Crippen LogP contribution is 2.35. The molecule has 14 nitrogen and oxygen atoms in total. The number of sulfone groups is 1. The summed E-state index contributed by atoms with van der Waals surface area (Å²) in [6.07, 6.45) is 6.17. The average Bonchev–Trinajstić information content (AvgIpc) is 3.82. The lowest BCUT2D eigenvalue weighted by molar-refractivity contribution is -0.384. The number of para-hydroxylation sites is 1. The van der Waals surface area contributed by atoms with Crippen LogP contribution in [0.5, 0.6) is 0 Å². The van der Waals surface area contributed by atoms with Crippen molar-refractivity contribution >= 4 is 49.2 Å². The van der Waals surface area contributed by atoms with Gasteiger partial charge in [-0.05, 0) is 68.1 Å². The molecule has 15 heteroatoms. The van der Waals surface area contributed by atoms with Crippen molar-refractivity contribution in [3.63, 3.8) is 0 Å². The van der Waals surface area contributed by atoms with Crippen LogP contribution in [0, 0.1) is 16.0 Å². The van der Waals surface area contributed by atoms with Crippen molar-refractivity contribution in [2.75, 3.05) is 38.2 Å². The lowest BCUT2D eigenvalue weighted by atomic mass is 10.1. The lowest BCUT2D eigenvalue weighted by Crippen LogP contribution is -2.38. The van der Waals surface area contributed by atoms with E-state index in [0.717, 1.165) is 57.0 Å². The highest BCUT2D eigenvalue weighted by atomic mass is 32.2. The van der Waals surface area contributed by atoms with E-state index in [-0.39, 0.29) is 32.4 Å². The first kappa shape index (κ1) is 29.8. The van der Waals surface area contributed by atoms with E-state index in [2.05, 4.69) is 25.3 Å². The molecule has 1 amide bonds. The molecule has 3 aromatic heterocycles. The van der Waals surface area contributed by atoms with E-state index in [1.165, 1.54) is 41.2 Å². The fourth-order valence-electron chi connectivity index (χ4n) is 6.53. The number of benzene rings is 2. The maximum atomic E-state index is 14.2. The number of nitrogens with two attached hydrogens (primary N) is 1. The van der Waals surface area contributed by atoms with Gasteiger partial charge in [-0.1, -0.05) is 6.07 Å². The smallest absolute Gasteiger partial charge is 0.293 e. The predicted octanol–water partition coefficient (Wildman–Crippen LogP) is 3.65. The summed E-state index contributed by atoms with van der Waals surface area (Å²) in [4.78, 5) is 33.6. The Balaban J connectivity index is 1.21. The number of hydrogen-bond donors (Lipinski definition) is 3. The molecule has 2 fully saturated rings. The Morgan fingerprint density at radius 3 is 2.76 bits per heavy atom. The van der Waals surface area contributed by atoms with Crippen LogP contribution < -0.4 is 11.1 Å². The number of fused-ring (bicyclic) bond motifs is 2. The summed E-state index contributed by atoms with van der Waals surface area (Å²) in [6.45, 7) is 3.93. The Hall–Kier alpha value is -4.86. The molecule has 7 rings (SSSR count). The molecule has 238 valence electrons. The van der Waals surface area contributed by atoms with Gasteiger partial charge < -0.3 is 20.8 Å². The van der Waals surface area contributed by atoms with Gasteiger partial charge in [-0.15, -0.1) is 0 Å². The molecule has 0 radical (unpaired) electrons. The highest BCUT2D eigenvalue weighted by Gasteiger charge is 2.32. The molecule has 5 heterocycles. The maximum absolute atomic E-state index is 14.2. The quantitative estimate of drug-likeness (QED) is 0.158. The van der Waals surface area contributed by atoms with Crippen LogP contribution >= 0.6 is 0 Å². The number of nitro groups is 1. The molecule has 0 aliphatic carbocycles. The van der Waals surface area contributed by atoms with Gasteiger partial charge in [0.05, 0.1) is 37.7 Å². The van der Waals surface area contributed by atoms with Crippen molar-refractivity contribution in [3.8, 4) is 5.69 Å². The Labute approximate surface area is 263 Å². The van der Waals surface area contributed by atoms with Crippen molar-refractivity contribution in [1.29, 1.82) is 0 Å². The minimum Gasteiger partial charge on any atom is -0.381 e. The zero-order chi connectivity index (χ0) is 32.0. The molecule has 5 aromatic rings. The molecular formula is C31H32N8O6S. The van der Waals surface area contributed by atoms with Gasteiger partial charge in [0.15, 0.2) is 0 Å². The number of aromatic nitrogens is 4. The molecule has 2 aromatic carbocycles. The number of likely N-dealkylation sites (tertiary alicyclic amines) is 1. The summed E-state index contributed by atoms with van der Waals surface area (Å²) in [7, 11) is -4.42. The minimum atomic E-state index is -4.42. The number of ether oxygens (including phenoxy) is 1. The molecule has 2 saturated heterocycles. The number of amides is 1. The fraction of sp³-hybridized carbons (Fsp3) is 0.323. The first-order valence-electron chi connectivity index (χ1n) is 15.0. The number of anilines is 1. The van der Waals surface area contributed by atoms with Crippen LogP contribution in [0.2, 0.25) is 0 Å². The zero-order valence-electron chi connectivity index (χ0n) is 24.8. The van der Waals surface area contributed by atoms with Gasteiger partial charge in [0.25, 0.3) is 11.6 Å². The average molecular weight is 645 g/mol. The van der Waals surface area contributed by atoms with Crippen LogP contribution in [0.4, 0.5) is 11.4 Å². The molecule has 0 saturated carbocycles. The molecule has 1 unspecified atom stereocenters. The maximum Gasteiger partial charge on any atom is 0.293 e. The van der Waals surface area contributed by atoms with Crippen molar-refractivity contribution < 1.29 is 22.9 Å². The largest absolute Gasteiger partial charge is 0.381 e. The SMILES string of the molecule is NC(=O)c1cccc(S(=O)(=O)c2ccc(NCC3CCN(C4CCOCC4)C3)c([N+](=O)[O-])c2)c1-n1ncc2nc3[nH]ccc3cc21. The summed E-state index contributed by atoms with van der Waals surface area (Å²) in [6, 6.07) is 12.0. The second kappa shape index (κ2) is 11.8. The van der Waals surface area contributed by atoms with Crippen LogP contribution in [0.3, 0.4) is 0 Å². The zero-order valence-corrected chi connectivity index (χ0v) is 25.6. The minimum absolute atomic E-state index is 0.0677. The number of hydrogen-bond acceptors (Lipinski definition) is 10. The first-order chi connectivity index (χ1) is 22.2. The molecule has 0 bridgehead atoms. The standard InChI is InChI=1S/C31H32N8O6S/c32-30(40)23-2-1-3-28(29(23)38-26-14-20-6-10-33-31(20)36-25(26)17-35-38)46(43,44)22-4-5-24(27(15-22)39(41)42)34-16-19-7-11-37(18-19)21-8-12-45-13-9-21/h1-6,10,14-15,17,19,21,34H,7-9,11-13,16,18H2,(H2,32,40)(H,33,36). The van der Waals surface area contributed by atoms with Crippen LogP contribution in [-0.2, 0) is 14.6 Å². The molecule has 4 N–H and O–H groups in total. The number of rotatable bonds is 9. The molecule has 0 spiro atoms. The normalized spacial score (nSPS) is 18.0. The highest BCUT2D eigenvalue weighted by molar-refractivity contribution is 7.91. The third-order valence-corrected chi connectivity index (χ3v) is 10.7. The van der Waals surface area contributed by atoms with E-state index < -0.39 is 20.7 Å².